The number of aromatic nitrogens is 2. The Morgan fingerprint density at radius 1 is 1.39 bits per heavy atom. The van der Waals surface area contributed by atoms with Crippen molar-refractivity contribution in [2.75, 3.05) is 6.61 Å². The van der Waals surface area contributed by atoms with Gasteiger partial charge < -0.3 is 4.74 Å². The maximum absolute atomic E-state index is 12.9. The van der Waals surface area contributed by atoms with Gasteiger partial charge in [0.1, 0.15) is 16.0 Å². The van der Waals surface area contributed by atoms with Crippen molar-refractivity contribution in [3.63, 3.8) is 0 Å². The highest BCUT2D eigenvalue weighted by Gasteiger charge is 2.24. The first kappa shape index (κ1) is 11.7. The molecule has 2 aromatic rings. The van der Waals surface area contributed by atoms with E-state index >= 15 is 0 Å². The van der Waals surface area contributed by atoms with Gasteiger partial charge in [0.25, 0.3) is 0 Å². The van der Waals surface area contributed by atoms with Crippen molar-refractivity contribution >= 4 is 15.9 Å². The third-order valence-electron chi connectivity index (χ3n) is 2.96. The molecule has 18 heavy (non-hydrogen) atoms. The molecule has 0 aliphatic carbocycles. The molecule has 1 atom stereocenters. The van der Waals surface area contributed by atoms with Gasteiger partial charge in [0.05, 0.1) is 13.2 Å². The molecule has 1 unspecified atom stereocenters. The van der Waals surface area contributed by atoms with Gasteiger partial charge in [-0.2, -0.15) is 5.10 Å². The summed E-state index contributed by atoms with van der Waals surface area (Å²) in [7, 11) is 0. The third kappa shape index (κ3) is 1.92. The number of hydrogen-bond acceptors (Lipinski definition) is 2. The lowest BCUT2D eigenvalue weighted by atomic mass is 10.1. The molecule has 1 aliphatic heterocycles. The summed E-state index contributed by atoms with van der Waals surface area (Å²) in [6, 6.07) is 6.31. The van der Waals surface area contributed by atoms with E-state index in [2.05, 4.69) is 28.0 Å². The SMILES string of the molecule is CC1COc2c(Br)c(-c3ccc(F)cc3)nn2C1. The molecule has 2 heterocycles. The minimum Gasteiger partial charge on any atom is -0.477 e. The Balaban J connectivity index is 2.06. The van der Waals surface area contributed by atoms with E-state index in [0.717, 1.165) is 28.2 Å². The third-order valence-corrected chi connectivity index (χ3v) is 3.67. The Labute approximate surface area is 113 Å². The molecule has 3 rings (SSSR count). The Bertz CT molecular complexity index is 579. The molecule has 0 amide bonds. The van der Waals surface area contributed by atoms with Crippen LogP contribution in [0.5, 0.6) is 5.88 Å². The van der Waals surface area contributed by atoms with E-state index in [0.29, 0.717) is 12.5 Å². The maximum Gasteiger partial charge on any atom is 0.227 e. The smallest absolute Gasteiger partial charge is 0.227 e. The van der Waals surface area contributed by atoms with E-state index in [1.165, 1.54) is 12.1 Å². The summed E-state index contributed by atoms with van der Waals surface area (Å²) in [5.74, 6) is 0.960. The van der Waals surface area contributed by atoms with Crippen LogP contribution in [0, 0.1) is 11.7 Å². The number of ether oxygens (including phenoxy) is 1. The lowest BCUT2D eigenvalue weighted by Gasteiger charge is -2.20. The molecule has 0 radical (unpaired) electrons. The molecule has 0 N–H and O–H groups in total. The molecule has 0 saturated heterocycles. The zero-order chi connectivity index (χ0) is 12.7. The second-order valence-electron chi connectivity index (χ2n) is 4.57. The fourth-order valence-corrected chi connectivity index (χ4v) is 2.67. The number of fused-ring (bicyclic) bond motifs is 1. The highest BCUT2D eigenvalue weighted by atomic mass is 79.9. The normalized spacial score (nSPS) is 18.3. The molecule has 0 fully saturated rings. The molecule has 94 valence electrons. The molecule has 3 nitrogen and oxygen atoms in total. The van der Waals surface area contributed by atoms with Gasteiger partial charge in [0, 0.05) is 11.5 Å². The standard InChI is InChI=1S/C13H12BrFN2O/c1-8-6-17-13(18-7-8)11(14)12(16-17)9-2-4-10(15)5-3-9/h2-5,8H,6-7H2,1H3. The van der Waals surface area contributed by atoms with Crippen molar-refractivity contribution in [3.8, 4) is 17.1 Å². The van der Waals surface area contributed by atoms with Crippen LogP contribution in [0.1, 0.15) is 6.92 Å². The summed E-state index contributed by atoms with van der Waals surface area (Å²) in [5, 5.41) is 4.52. The van der Waals surface area contributed by atoms with Gasteiger partial charge in [-0.1, -0.05) is 6.92 Å². The summed E-state index contributed by atoms with van der Waals surface area (Å²) in [4.78, 5) is 0. The molecule has 0 saturated carbocycles. The minimum absolute atomic E-state index is 0.247. The van der Waals surface area contributed by atoms with Crippen molar-refractivity contribution in [3.05, 3.63) is 34.6 Å². The van der Waals surface area contributed by atoms with Gasteiger partial charge in [-0.25, -0.2) is 9.07 Å². The van der Waals surface area contributed by atoms with Gasteiger partial charge in [-0.15, -0.1) is 0 Å². The quantitative estimate of drug-likeness (QED) is 0.806. The summed E-state index contributed by atoms with van der Waals surface area (Å²) in [6.07, 6.45) is 0. The Morgan fingerprint density at radius 3 is 2.83 bits per heavy atom. The predicted molar refractivity (Wildman–Crippen MR) is 70.0 cm³/mol. The van der Waals surface area contributed by atoms with Crippen LogP contribution in [-0.4, -0.2) is 16.4 Å². The van der Waals surface area contributed by atoms with Crippen LogP contribution < -0.4 is 4.74 Å². The highest BCUT2D eigenvalue weighted by molar-refractivity contribution is 9.10. The summed E-state index contributed by atoms with van der Waals surface area (Å²) in [6.45, 7) is 3.67. The minimum atomic E-state index is -0.247. The van der Waals surface area contributed by atoms with Crippen molar-refractivity contribution in [2.24, 2.45) is 5.92 Å². The molecule has 0 spiro atoms. The number of halogens is 2. The van der Waals surface area contributed by atoms with Crippen LogP contribution in [0.2, 0.25) is 0 Å². The topological polar surface area (TPSA) is 27.1 Å². The van der Waals surface area contributed by atoms with Crippen LogP contribution in [-0.2, 0) is 6.54 Å². The predicted octanol–water partition coefficient (Wildman–Crippen LogP) is 3.48. The largest absolute Gasteiger partial charge is 0.477 e. The van der Waals surface area contributed by atoms with Crippen LogP contribution >= 0.6 is 15.9 Å². The number of rotatable bonds is 1. The van der Waals surface area contributed by atoms with Gasteiger partial charge in [0.15, 0.2) is 0 Å². The van der Waals surface area contributed by atoms with Gasteiger partial charge in [-0.05, 0) is 40.2 Å². The first-order valence-corrected chi connectivity index (χ1v) is 6.59. The van der Waals surface area contributed by atoms with Crippen molar-refractivity contribution in [2.45, 2.75) is 13.5 Å². The van der Waals surface area contributed by atoms with E-state index in [9.17, 15) is 4.39 Å². The van der Waals surface area contributed by atoms with Crippen molar-refractivity contribution in [1.29, 1.82) is 0 Å². The van der Waals surface area contributed by atoms with E-state index < -0.39 is 0 Å². The molecule has 1 aromatic carbocycles. The van der Waals surface area contributed by atoms with E-state index in [-0.39, 0.29) is 5.82 Å². The lowest BCUT2D eigenvalue weighted by molar-refractivity contribution is 0.174. The van der Waals surface area contributed by atoms with Crippen molar-refractivity contribution < 1.29 is 9.13 Å². The van der Waals surface area contributed by atoms with Crippen LogP contribution in [0.25, 0.3) is 11.3 Å². The van der Waals surface area contributed by atoms with Crippen LogP contribution in [0.15, 0.2) is 28.7 Å². The second-order valence-corrected chi connectivity index (χ2v) is 5.37. The monoisotopic (exact) mass is 310 g/mol. The number of nitrogens with zero attached hydrogens (tertiary/aromatic N) is 2. The number of benzene rings is 1. The Hall–Kier alpha value is -1.36. The Morgan fingerprint density at radius 2 is 2.11 bits per heavy atom. The van der Waals surface area contributed by atoms with Crippen LogP contribution in [0.4, 0.5) is 4.39 Å². The van der Waals surface area contributed by atoms with Gasteiger partial charge >= 0.3 is 0 Å². The van der Waals surface area contributed by atoms with Gasteiger partial charge in [0.2, 0.25) is 5.88 Å². The van der Waals surface area contributed by atoms with E-state index in [1.807, 2.05) is 4.68 Å². The average molecular weight is 311 g/mol. The fraction of sp³-hybridized carbons (Fsp3) is 0.308. The highest BCUT2D eigenvalue weighted by Crippen LogP contribution is 2.37. The Kier molecular flexibility index (Phi) is 2.86. The van der Waals surface area contributed by atoms with E-state index in [1.54, 1.807) is 12.1 Å². The summed E-state index contributed by atoms with van der Waals surface area (Å²) in [5.41, 5.74) is 1.67. The molecular weight excluding hydrogens is 299 g/mol. The van der Waals surface area contributed by atoms with Gasteiger partial charge in [-0.3, -0.25) is 0 Å². The first-order chi connectivity index (χ1) is 8.65. The maximum atomic E-state index is 12.9. The summed E-state index contributed by atoms with van der Waals surface area (Å²) < 4.78 is 21.3. The summed E-state index contributed by atoms with van der Waals surface area (Å²) >= 11 is 3.51. The van der Waals surface area contributed by atoms with Crippen LogP contribution in [0.3, 0.4) is 0 Å². The number of hydrogen-bond donors (Lipinski definition) is 0. The zero-order valence-electron chi connectivity index (χ0n) is 9.86. The fourth-order valence-electron chi connectivity index (χ4n) is 2.05. The molecular formula is C13H12BrFN2O. The van der Waals surface area contributed by atoms with Crippen molar-refractivity contribution in [1.82, 2.24) is 9.78 Å². The second kappa shape index (κ2) is 4.39. The van der Waals surface area contributed by atoms with E-state index in [4.69, 9.17) is 4.74 Å². The average Bonchev–Trinajstić information content (AvgIpc) is 2.67. The lowest BCUT2D eigenvalue weighted by Crippen LogP contribution is -2.23. The molecule has 5 heteroatoms. The molecule has 1 aliphatic rings. The molecule has 1 aromatic heterocycles. The zero-order valence-corrected chi connectivity index (χ0v) is 11.4. The first-order valence-electron chi connectivity index (χ1n) is 5.80. The molecule has 0 bridgehead atoms.